The number of fused-ring (bicyclic) bond motifs is 1. The molecule has 0 radical (unpaired) electrons. The molecule has 3 aromatic heterocycles. The Morgan fingerprint density at radius 2 is 1.84 bits per heavy atom. The highest BCUT2D eigenvalue weighted by atomic mass is 16.5. The van der Waals surface area contributed by atoms with E-state index >= 15 is 0 Å². The van der Waals surface area contributed by atoms with Gasteiger partial charge in [-0.25, -0.2) is 9.78 Å². The molecule has 1 aliphatic heterocycles. The fourth-order valence-electron chi connectivity index (χ4n) is 3.84. The molecule has 1 saturated heterocycles. The molecule has 1 fully saturated rings. The molecule has 170 valence electrons. The van der Waals surface area contributed by atoms with E-state index in [2.05, 4.69) is 9.88 Å². The van der Waals surface area contributed by atoms with E-state index in [0.29, 0.717) is 44.3 Å². The van der Waals surface area contributed by atoms with Crippen molar-refractivity contribution in [2.45, 2.75) is 13.1 Å². The van der Waals surface area contributed by atoms with Gasteiger partial charge in [0.25, 0.3) is 11.5 Å². The molecule has 0 atom stereocenters. The molecule has 32 heavy (non-hydrogen) atoms. The number of carbonyl (C=O) groups is 2. The van der Waals surface area contributed by atoms with E-state index in [9.17, 15) is 19.2 Å². The van der Waals surface area contributed by atoms with Crippen molar-refractivity contribution in [3.05, 3.63) is 50.8 Å². The average molecular weight is 444 g/mol. The maximum Gasteiger partial charge on any atom is 0.332 e. The minimum absolute atomic E-state index is 0.161. The fraction of sp³-hybridized carbons (Fsp3) is 0.450. The number of hydrogen-bond acceptors (Lipinski definition) is 8. The van der Waals surface area contributed by atoms with E-state index in [1.54, 1.807) is 17.0 Å². The molecule has 0 bridgehead atoms. The van der Waals surface area contributed by atoms with Crippen LogP contribution in [-0.2, 0) is 36.7 Å². The van der Waals surface area contributed by atoms with Crippen LogP contribution in [0.4, 0.5) is 0 Å². The molecule has 0 aliphatic carbocycles. The van der Waals surface area contributed by atoms with Crippen molar-refractivity contribution in [3.8, 4) is 0 Å². The lowest BCUT2D eigenvalue weighted by molar-refractivity contribution is -0.141. The summed E-state index contributed by atoms with van der Waals surface area (Å²) >= 11 is 0. The molecule has 0 aromatic carbocycles. The van der Waals surface area contributed by atoms with E-state index in [4.69, 9.17) is 9.15 Å². The number of aromatic nitrogens is 4. The van der Waals surface area contributed by atoms with Gasteiger partial charge in [-0.3, -0.25) is 28.4 Å². The van der Waals surface area contributed by atoms with Crippen LogP contribution >= 0.6 is 0 Å². The minimum atomic E-state index is -0.532. The number of ether oxygens (including phenoxy) is 1. The van der Waals surface area contributed by atoms with Crippen LogP contribution in [0.2, 0.25) is 0 Å². The van der Waals surface area contributed by atoms with Crippen LogP contribution < -0.4 is 11.2 Å². The van der Waals surface area contributed by atoms with Gasteiger partial charge in [0.1, 0.15) is 12.4 Å². The quantitative estimate of drug-likeness (QED) is 0.467. The van der Waals surface area contributed by atoms with Crippen molar-refractivity contribution < 1.29 is 18.7 Å². The summed E-state index contributed by atoms with van der Waals surface area (Å²) < 4.78 is 13.7. The van der Waals surface area contributed by atoms with Gasteiger partial charge in [0.15, 0.2) is 16.9 Å². The Hall–Kier alpha value is -3.67. The third kappa shape index (κ3) is 3.73. The standard InChI is InChI=1S/C20H24N6O6/c1-22-17-16(19(29)23(2)20(22)30)26(12-15(27)31-3)14(21-17)11-24-6-8-25(9-7-24)18(28)13-5-4-10-32-13/h4-5,10H,6-9,11-12H2,1-3H3. The summed E-state index contributed by atoms with van der Waals surface area (Å²) in [5, 5.41) is 0. The van der Waals surface area contributed by atoms with Crippen molar-refractivity contribution in [1.29, 1.82) is 0 Å². The summed E-state index contributed by atoms with van der Waals surface area (Å²) in [4.78, 5) is 57.9. The largest absolute Gasteiger partial charge is 0.468 e. The predicted molar refractivity (Wildman–Crippen MR) is 112 cm³/mol. The molecule has 1 aliphatic rings. The highest BCUT2D eigenvalue weighted by Gasteiger charge is 2.26. The van der Waals surface area contributed by atoms with E-state index in [1.165, 1.54) is 36.6 Å². The number of nitrogens with zero attached hydrogens (tertiary/aromatic N) is 6. The van der Waals surface area contributed by atoms with Gasteiger partial charge >= 0.3 is 11.7 Å². The van der Waals surface area contributed by atoms with Crippen LogP contribution in [0.25, 0.3) is 11.2 Å². The van der Waals surface area contributed by atoms with E-state index in [-0.39, 0.29) is 23.6 Å². The highest BCUT2D eigenvalue weighted by molar-refractivity contribution is 5.91. The molecule has 4 heterocycles. The molecule has 1 amide bonds. The normalized spacial score (nSPS) is 14.8. The smallest absolute Gasteiger partial charge is 0.332 e. The Kier molecular flexibility index (Phi) is 5.70. The second-order valence-electron chi connectivity index (χ2n) is 7.61. The lowest BCUT2D eigenvalue weighted by atomic mass is 10.3. The zero-order valence-electron chi connectivity index (χ0n) is 18.1. The Labute approximate surface area is 182 Å². The summed E-state index contributed by atoms with van der Waals surface area (Å²) in [6.07, 6.45) is 1.47. The molecular weight excluding hydrogens is 420 g/mol. The number of amides is 1. The third-order valence-electron chi connectivity index (χ3n) is 5.70. The first kappa shape index (κ1) is 21.6. The number of aryl methyl sites for hydroxylation is 1. The average Bonchev–Trinajstić information content (AvgIpc) is 3.45. The first-order valence-electron chi connectivity index (χ1n) is 10.1. The van der Waals surface area contributed by atoms with Gasteiger partial charge in [0.2, 0.25) is 0 Å². The predicted octanol–water partition coefficient (Wildman–Crippen LogP) is -0.842. The Morgan fingerprint density at radius 3 is 2.47 bits per heavy atom. The molecular formula is C20H24N6O6. The first-order valence-corrected chi connectivity index (χ1v) is 10.1. The van der Waals surface area contributed by atoms with Gasteiger partial charge in [-0.15, -0.1) is 0 Å². The SMILES string of the molecule is COC(=O)Cn1c(CN2CCN(C(=O)c3ccco3)CC2)nc2c1c(=O)n(C)c(=O)n2C. The van der Waals surface area contributed by atoms with Gasteiger partial charge in [-0.05, 0) is 12.1 Å². The third-order valence-corrected chi connectivity index (χ3v) is 5.70. The molecule has 3 aromatic rings. The van der Waals surface area contributed by atoms with Gasteiger partial charge in [0, 0.05) is 40.3 Å². The number of rotatable bonds is 5. The van der Waals surface area contributed by atoms with E-state index in [0.717, 1.165) is 4.57 Å². The van der Waals surface area contributed by atoms with Crippen molar-refractivity contribution in [2.75, 3.05) is 33.3 Å². The second-order valence-corrected chi connectivity index (χ2v) is 7.61. The summed E-state index contributed by atoms with van der Waals surface area (Å²) in [6.45, 7) is 2.28. The molecule has 0 N–H and O–H groups in total. The molecule has 0 unspecified atom stereocenters. The zero-order chi connectivity index (χ0) is 23.0. The van der Waals surface area contributed by atoms with Crippen molar-refractivity contribution >= 4 is 23.0 Å². The summed E-state index contributed by atoms with van der Waals surface area (Å²) in [6, 6.07) is 3.31. The fourth-order valence-corrected chi connectivity index (χ4v) is 3.84. The monoisotopic (exact) mass is 444 g/mol. The lowest BCUT2D eigenvalue weighted by Crippen LogP contribution is -2.48. The van der Waals surface area contributed by atoms with E-state index < -0.39 is 17.2 Å². The maximum absolute atomic E-state index is 12.8. The molecule has 12 heteroatoms. The number of hydrogen-bond donors (Lipinski definition) is 0. The maximum atomic E-state index is 12.8. The van der Waals surface area contributed by atoms with Crippen molar-refractivity contribution in [3.63, 3.8) is 0 Å². The summed E-state index contributed by atoms with van der Waals surface area (Å²) in [5.41, 5.74) is -0.647. The molecule has 0 saturated carbocycles. The first-order chi connectivity index (χ1) is 15.3. The van der Waals surface area contributed by atoms with Gasteiger partial charge < -0.3 is 18.6 Å². The number of furan rings is 1. The van der Waals surface area contributed by atoms with Crippen LogP contribution in [-0.4, -0.2) is 73.7 Å². The highest BCUT2D eigenvalue weighted by Crippen LogP contribution is 2.16. The van der Waals surface area contributed by atoms with E-state index in [1.807, 2.05) is 0 Å². The topological polar surface area (TPSA) is 125 Å². The number of imidazole rings is 1. The molecule has 0 spiro atoms. The number of piperazine rings is 1. The van der Waals surface area contributed by atoms with Gasteiger partial charge in [-0.1, -0.05) is 0 Å². The molecule has 4 rings (SSSR count). The minimum Gasteiger partial charge on any atom is -0.468 e. The lowest BCUT2D eigenvalue weighted by Gasteiger charge is -2.34. The summed E-state index contributed by atoms with van der Waals surface area (Å²) in [5.74, 6) is 0.0750. The van der Waals surface area contributed by atoms with Crippen LogP contribution in [0.5, 0.6) is 0 Å². The number of methoxy groups -OCH3 is 1. The second kappa shape index (κ2) is 8.46. The van der Waals surface area contributed by atoms with Crippen molar-refractivity contribution in [1.82, 2.24) is 28.5 Å². The van der Waals surface area contributed by atoms with Crippen molar-refractivity contribution in [2.24, 2.45) is 14.1 Å². The zero-order valence-corrected chi connectivity index (χ0v) is 18.1. The Balaban J connectivity index is 1.61. The Morgan fingerprint density at radius 1 is 1.12 bits per heavy atom. The molecule has 12 nitrogen and oxygen atoms in total. The van der Waals surface area contributed by atoms with Gasteiger partial charge in [0.05, 0.1) is 19.9 Å². The number of esters is 1. The van der Waals surface area contributed by atoms with Gasteiger partial charge in [-0.2, -0.15) is 0 Å². The summed E-state index contributed by atoms with van der Waals surface area (Å²) in [7, 11) is 4.18. The number of carbonyl (C=O) groups excluding carboxylic acids is 2. The van der Waals surface area contributed by atoms with Crippen LogP contribution in [0.1, 0.15) is 16.4 Å². The van der Waals surface area contributed by atoms with Crippen LogP contribution in [0, 0.1) is 0 Å². The Bertz CT molecular complexity index is 1280. The van der Waals surface area contributed by atoms with Crippen LogP contribution in [0.15, 0.2) is 32.4 Å². The van der Waals surface area contributed by atoms with Crippen LogP contribution in [0.3, 0.4) is 0 Å².